The van der Waals surface area contributed by atoms with E-state index >= 15 is 0 Å². The largest absolute Gasteiger partial charge is 0.400 e. The fourth-order valence-electron chi connectivity index (χ4n) is 0.420. The minimum absolute atomic E-state index is 0.0817. The van der Waals surface area contributed by atoms with Gasteiger partial charge in [0.05, 0.1) is 0 Å². The van der Waals surface area contributed by atoms with Crippen LogP contribution in [0.25, 0.3) is 0 Å². The number of hydrogen-bond donors (Lipinski definition) is 4. The summed E-state index contributed by atoms with van der Waals surface area (Å²) in [7, 11) is -4.22. The third-order valence-electron chi connectivity index (χ3n) is 0.898. The molecule has 7 heteroatoms. The molecule has 0 aromatic carbocycles. The third kappa shape index (κ3) is 7.64. The van der Waals surface area contributed by atoms with Crippen LogP contribution in [-0.2, 0) is 9.36 Å². The predicted molar refractivity (Wildman–Crippen MR) is 36.8 cm³/mol. The van der Waals surface area contributed by atoms with Crippen LogP contribution in [0.4, 0.5) is 0 Å². The average Bonchev–Trinajstić information content (AvgIpc) is 1.85. The maximum Gasteiger partial charge on any atom is 0.400 e. The molecule has 0 bridgehead atoms. The van der Waals surface area contributed by atoms with Crippen LogP contribution >= 0.6 is 7.75 Å². The normalized spacial score (nSPS) is 11.5. The van der Waals surface area contributed by atoms with E-state index in [2.05, 4.69) is 0 Å². The molecule has 66 valence electrons. The van der Waals surface area contributed by atoms with Crippen molar-refractivity contribution in [1.82, 2.24) is 5.09 Å². The summed E-state index contributed by atoms with van der Waals surface area (Å²) in [5.41, 5.74) is 0. The van der Waals surface area contributed by atoms with Crippen LogP contribution in [0.2, 0.25) is 0 Å². The summed E-state index contributed by atoms with van der Waals surface area (Å²) in [5, 5.41) is 10.0. The summed E-state index contributed by atoms with van der Waals surface area (Å²) in [6.45, 7) is -0.716. The van der Waals surface area contributed by atoms with E-state index in [0.717, 1.165) is 0 Å². The number of hydrogen-bond acceptors (Lipinski definition) is 3. The van der Waals surface area contributed by atoms with Crippen molar-refractivity contribution < 1.29 is 24.3 Å². The minimum Gasteiger partial charge on any atom is -0.389 e. The lowest BCUT2D eigenvalue weighted by Gasteiger charge is -2.03. The fraction of sp³-hybridized carbons (Fsp3) is 0.750. The monoisotopic (exact) mass is 183 g/mol. The molecule has 0 rings (SSSR count). The molecule has 0 aromatic heterocycles. The number of nitrogens with one attached hydrogen (secondary N) is 1. The molecule has 6 nitrogen and oxygen atoms in total. The van der Waals surface area contributed by atoms with E-state index in [9.17, 15) is 9.36 Å². The summed E-state index contributed by atoms with van der Waals surface area (Å²) >= 11 is 0. The van der Waals surface area contributed by atoms with Gasteiger partial charge < -0.3 is 14.9 Å². The van der Waals surface area contributed by atoms with E-state index in [0.29, 0.717) is 0 Å². The molecule has 0 aliphatic rings. The van der Waals surface area contributed by atoms with E-state index in [1.165, 1.54) is 0 Å². The van der Waals surface area contributed by atoms with E-state index in [-0.39, 0.29) is 13.0 Å². The van der Waals surface area contributed by atoms with Crippen LogP contribution in [0.3, 0.4) is 0 Å². The average molecular weight is 183 g/mol. The Morgan fingerprint density at radius 1 is 1.45 bits per heavy atom. The van der Waals surface area contributed by atoms with Gasteiger partial charge in [0.1, 0.15) is 6.61 Å². The van der Waals surface area contributed by atoms with Crippen LogP contribution in [0, 0.1) is 0 Å². The Balaban J connectivity index is 3.43. The summed E-state index contributed by atoms with van der Waals surface area (Å²) < 4.78 is 10.1. The molecule has 0 radical (unpaired) electrons. The van der Waals surface area contributed by atoms with Crippen molar-refractivity contribution in [2.24, 2.45) is 0 Å². The molecule has 0 fully saturated rings. The first-order valence-corrected chi connectivity index (χ1v) is 4.50. The topological polar surface area (TPSA) is 107 Å². The van der Waals surface area contributed by atoms with Crippen LogP contribution < -0.4 is 5.09 Å². The smallest absolute Gasteiger partial charge is 0.389 e. The van der Waals surface area contributed by atoms with Gasteiger partial charge in [-0.3, -0.25) is 4.79 Å². The summed E-state index contributed by atoms with van der Waals surface area (Å²) in [5.74, 6) is -0.453. The lowest BCUT2D eigenvalue weighted by molar-refractivity contribution is -0.121. The molecule has 0 saturated heterocycles. The van der Waals surface area contributed by atoms with Crippen LogP contribution in [0.5, 0.6) is 0 Å². The Morgan fingerprint density at radius 2 is 2.00 bits per heavy atom. The highest BCUT2D eigenvalue weighted by molar-refractivity contribution is 7.49. The maximum absolute atomic E-state index is 10.4. The Hall–Kier alpha value is -0.260. The van der Waals surface area contributed by atoms with Gasteiger partial charge in [-0.05, 0) is 0 Å². The van der Waals surface area contributed by atoms with E-state index in [4.69, 9.17) is 14.9 Å². The molecule has 0 heterocycles. The third-order valence-corrected chi connectivity index (χ3v) is 1.53. The molecule has 0 aromatic rings. The molecule has 0 spiro atoms. The minimum atomic E-state index is -4.22. The van der Waals surface area contributed by atoms with Gasteiger partial charge >= 0.3 is 7.75 Å². The molecule has 0 amide bonds. The first kappa shape index (κ1) is 10.7. The van der Waals surface area contributed by atoms with Crippen molar-refractivity contribution in [2.75, 3.05) is 13.2 Å². The van der Waals surface area contributed by atoms with Crippen LogP contribution in [0.15, 0.2) is 0 Å². The number of ketones is 1. The zero-order valence-corrected chi connectivity index (χ0v) is 6.62. The number of rotatable bonds is 5. The second-order valence-electron chi connectivity index (χ2n) is 1.90. The van der Waals surface area contributed by atoms with Crippen molar-refractivity contribution >= 4 is 13.5 Å². The van der Waals surface area contributed by atoms with Crippen molar-refractivity contribution in [3.8, 4) is 0 Å². The molecule has 0 unspecified atom stereocenters. The molecular weight excluding hydrogens is 173 g/mol. The number of aliphatic hydroxyl groups excluding tert-OH is 1. The number of carbonyl (C=O) groups is 1. The Morgan fingerprint density at radius 3 is 2.36 bits per heavy atom. The van der Waals surface area contributed by atoms with Crippen molar-refractivity contribution in [2.45, 2.75) is 6.42 Å². The van der Waals surface area contributed by atoms with Crippen LogP contribution in [0.1, 0.15) is 6.42 Å². The second-order valence-corrected chi connectivity index (χ2v) is 3.30. The van der Waals surface area contributed by atoms with Crippen molar-refractivity contribution in [1.29, 1.82) is 0 Å². The van der Waals surface area contributed by atoms with Gasteiger partial charge in [-0.1, -0.05) is 0 Å². The van der Waals surface area contributed by atoms with Crippen molar-refractivity contribution in [3.05, 3.63) is 0 Å². The zero-order chi connectivity index (χ0) is 8.91. The fourth-order valence-corrected chi connectivity index (χ4v) is 0.823. The van der Waals surface area contributed by atoms with Gasteiger partial charge in [0, 0.05) is 13.0 Å². The van der Waals surface area contributed by atoms with Gasteiger partial charge in [-0.2, -0.15) is 0 Å². The van der Waals surface area contributed by atoms with Gasteiger partial charge in [0.15, 0.2) is 5.78 Å². The predicted octanol–water partition coefficient (Wildman–Crippen LogP) is -1.38. The lowest BCUT2D eigenvalue weighted by Crippen LogP contribution is -2.16. The highest BCUT2D eigenvalue weighted by atomic mass is 31.2. The van der Waals surface area contributed by atoms with Gasteiger partial charge in [-0.25, -0.2) is 9.65 Å². The van der Waals surface area contributed by atoms with E-state index in [1.807, 2.05) is 5.09 Å². The number of aliphatic hydroxyl groups is 1. The Labute approximate surface area is 63.4 Å². The van der Waals surface area contributed by atoms with Gasteiger partial charge in [0.2, 0.25) is 0 Å². The van der Waals surface area contributed by atoms with Crippen LogP contribution in [-0.4, -0.2) is 33.8 Å². The first-order chi connectivity index (χ1) is 4.95. The zero-order valence-electron chi connectivity index (χ0n) is 5.73. The molecule has 11 heavy (non-hydrogen) atoms. The standard InChI is InChI=1S/C4H10NO5P/c6-3-4(7)1-2-5-11(8,9)10/h6H,1-3H2,(H3,5,8,9,10). The van der Waals surface area contributed by atoms with Gasteiger partial charge in [0.25, 0.3) is 0 Å². The molecule has 0 atom stereocenters. The lowest BCUT2D eigenvalue weighted by atomic mass is 10.3. The molecule has 0 aliphatic heterocycles. The highest BCUT2D eigenvalue weighted by Gasteiger charge is 2.11. The Kier molecular flexibility index (Phi) is 4.48. The first-order valence-electron chi connectivity index (χ1n) is 2.89. The van der Waals surface area contributed by atoms with Crippen molar-refractivity contribution in [3.63, 3.8) is 0 Å². The summed E-state index contributed by atoms with van der Waals surface area (Å²) in [4.78, 5) is 26.8. The summed E-state index contributed by atoms with van der Waals surface area (Å²) in [6.07, 6.45) is -0.0817. The van der Waals surface area contributed by atoms with E-state index < -0.39 is 20.1 Å². The Bertz CT molecular complexity index is 175. The molecule has 0 saturated carbocycles. The SMILES string of the molecule is O=C(CO)CCNP(=O)(O)O. The summed E-state index contributed by atoms with van der Waals surface area (Å²) in [6, 6.07) is 0. The quantitative estimate of drug-likeness (QED) is 0.391. The maximum atomic E-state index is 10.4. The molecular formula is C4H10NO5P. The van der Waals surface area contributed by atoms with Gasteiger partial charge in [-0.15, -0.1) is 0 Å². The number of carbonyl (C=O) groups excluding carboxylic acids is 1. The molecule has 0 aliphatic carbocycles. The molecule has 4 N–H and O–H groups in total. The van der Waals surface area contributed by atoms with E-state index in [1.54, 1.807) is 0 Å². The number of Topliss-reactive ketones (excluding diaryl/α,β-unsaturated/α-hetero) is 1. The highest BCUT2D eigenvalue weighted by Crippen LogP contribution is 2.27. The second kappa shape index (κ2) is 4.58.